The maximum atomic E-state index is 5.98. The van der Waals surface area contributed by atoms with Gasteiger partial charge in [0.1, 0.15) is 12.1 Å². The number of hydrogen-bond acceptors (Lipinski definition) is 5. The minimum absolute atomic E-state index is 0.415. The molecule has 2 rings (SSSR count). The Balaban J connectivity index is 2.20. The Hall–Kier alpha value is -1.17. The summed E-state index contributed by atoms with van der Waals surface area (Å²) in [7, 11) is 0. The van der Waals surface area contributed by atoms with E-state index < -0.39 is 0 Å². The van der Waals surface area contributed by atoms with Gasteiger partial charge in [0.05, 0.1) is 0 Å². The number of ether oxygens (including phenoxy) is 1. The van der Waals surface area contributed by atoms with Crippen molar-refractivity contribution in [2.75, 3.05) is 0 Å². The molecule has 0 spiro atoms. The minimum Gasteiger partial charge on any atom is -0.430 e. The molecule has 0 radical (unpaired) electrons. The van der Waals surface area contributed by atoms with Crippen LogP contribution in [-0.2, 0) is 6.54 Å². The second-order valence-corrected chi connectivity index (χ2v) is 3.92. The summed E-state index contributed by atoms with van der Waals surface area (Å²) in [6, 6.07) is 5.35. The van der Waals surface area contributed by atoms with Crippen LogP contribution in [0.3, 0.4) is 0 Å². The molecule has 6 heteroatoms. The number of rotatable bonds is 3. The van der Waals surface area contributed by atoms with E-state index in [1.165, 1.54) is 17.9 Å². The van der Waals surface area contributed by atoms with E-state index >= 15 is 0 Å². The summed E-state index contributed by atoms with van der Waals surface area (Å²) < 4.78 is 9.25. The summed E-state index contributed by atoms with van der Waals surface area (Å²) in [6.45, 7) is 0.415. The van der Waals surface area contributed by atoms with Gasteiger partial charge in [-0.2, -0.15) is 9.36 Å². The third-order valence-electron chi connectivity index (χ3n) is 1.79. The largest absolute Gasteiger partial charge is 0.430 e. The van der Waals surface area contributed by atoms with Gasteiger partial charge < -0.3 is 10.5 Å². The van der Waals surface area contributed by atoms with Crippen LogP contribution in [0.4, 0.5) is 0 Å². The van der Waals surface area contributed by atoms with Gasteiger partial charge in [-0.25, -0.2) is 0 Å². The second kappa shape index (κ2) is 4.57. The van der Waals surface area contributed by atoms with Crippen molar-refractivity contribution in [3.8, 4) is 10.9 Å². The van der Waals surface area contributed by atoms with Gasteiger partial charge in [0, 0.05) is 23.1 Å². The van der Waals surface area contributed by atoms with Gasteiger partial charge in [-0.05, 0) is 17.7 Å². The molecular formula is C9H8ClN3OS. The highest BCUT2D eigenvalue weighted by Gasteiger charge is 2.03. The Morgan fingerprint density at radius 1 is 1.47 bits per heavy atom. The summed E-state index contributed by atoms with van der Waals surface area (Å²) in [4.78, 5) is 3.90. The van der Waals surface area contributed by atoms with Crippen molar-refractivity contribution in [2.45, 2.75) is 6.54 Å². The fourth-order valence-electron chi connectivity index (χ4n) is 1.07. The summed E-state index contributed by atoms with van der Waals surface area (Å²) in [5.41, 5.74) is 6.38. The lowest BCUT2D eigenvalue weighted by atomic mass is 10.2. The molecule has 15 heavy (non-hydrogen) atoms. The first kappa shape index (κ1) is 10.4. The van der Waals surface area contributed by atoms with Gasteiger partial charge in [-0.3, -0.25) is 0 Å². The smallest absolute Gasteiger partial charge is 0.298 e. The molecule has 1 heterocycles. The number of nitrogens with zero attached hydrogens (tertiary/aromatic N) is 2. The molecule has 4 nitrogen and oxygen atoms in total. The Labute approximate surface area is 95.8 Å². The van der Waals surface area contributed by atoms with Crippen molar-refractivity contribution in [3.05, 3.63) is 35.1 Å². The zero-order valence-corrected chi connectivity index (χ0v) is 9.26. The lowest BCUT2D eigenvalue weighted by Crippen LogP contribution is -1.97. The van der Waals surface area contributed by atoms with Crippen LogP contribution in [0.5, 0.6) is 10.9 Å². The number of halogens is 1. The van der Waals surface area contributed by atoms with Crippen LogP contribution in [-0.4, -0.2) is 9.36 Å². The van der Waals surface area contributed by atoms with E-state index in [0.29, 0.717) is 22.5 Å². The fourth-order valence-corrected chi connectivity index (χ4v) is 1.73. The Morgan fingerprint density at radius 3 is 2.93 bits per heavy atom. The molecule has 0 atom stereocenters. The van der Waals surface area contributed by atoms with Crippen molar-refractivity contribution in [3.63, 3.8) is 0 Å². The number of aromatic nitrogens is 2. The lowest BCUT2D eigenvalue weighted by molar-refractivity contribution is 0.478. The van der Waals surface area contributed by atoms with Gasteiger partial charge in [0.25, 0.3) is 5.19 Å². The van der Waals surface area contributed by atoms with Crippen molar-refractivity contribution in [1.82, 2.24) is 9.36 Å². The molecule has 0 fully saturated rings. The number of benzene rings is 1. The van der Waals surface area contributed by atoms with E-state index in [-0.39, 0.29) is 0 Å². The molecule has 0 saturated heterocycles. The van der Waals surface area contributed by atoms with Crippen LogP contribution in [0, 0.1) is 0 Å². The Kier molecular flexibility index (Phi) is 3.15. The van der Waals surface area contributed by atoms with Gasteiger partial charge in [-0.15, -0.1) is 0 Å². The van der Waals surface area contributed by atoms with E-state index in [9.17, 15) is 0 Å². The first-order chi connectivity index (χ1) is 7.29. The average Bonchev–Trinajstić information content (AvgIpc) is 2.71. The first-order valence-electron chi connectivity index (χ1n) is 4.22. The van der Waals surface area contributed by atoms with Gasteiger partial charge in [0.15, 0.2) is 0 Å². The third kappa shape index (κ3) is 2.44. The highest BCUT2D eigenvalue weighted by atomic mass is 35.5. The molecule has 2 aromatic rings. The van der Waals surface area contributed by atoms with Crippen molar-refractivity contribution in [2.24, 2.45) is 5.73 Å². The number of hydrogen-bond donors (Lipinski definition) is 1. The van der Waals surface area contributed by atoms with E-state index in [4.69, 9.17) is 22.1 Å². The molecular weight excluding hydrogens is 234 g/mol. The normalized spacial score (nSPS) is 10.3. The molecule has 0 saturated carbocycles. The zero-order valence-electron chi connectivity index (χ0n) is 7.68. The summed E-state index contributed by atoms with van der Waals surface area (Å²) >= 11 is 7.16. The van der Waals surface area contributed by atoms with Crippen LogP contribution in [0.2, 0.25) is 5.02 Å². The standard InChI is InChI=1S/C9H8ClN3OS/c10-8-3-7(2-1-6(8)4-11)14-9-12-5-13-15-9/h1-3,5H,4,11H2. The first-order valence-corrected chi connectivity index (χ1v) is 5.38. The predicted molar refractivity (Wildman–Crippen MR) is 59.3 cm³/mol. The highest BCUT2D eigenvalue weighted by Crippen LogP contribution is 2.26. The predicted octanol–water partition coefficient (Wildman–Crippen LogP) is 2.44. The van der Waals surface area contributed by atoms with Crippen LogP contribution in [0.25, 0.3) is 0 Å². The molecule has 0 bridgehead atoms. The molecule has 1 aromatic heterocycles. The summed E-state index contributed by atoms with van der Waals surface area (Å²) in [6.07, 6.45) is 1.44. The van der Waals surface area contributed by atoms with Crippen molar-refractivity contribution >= 4 is 23.1 Å². The molecule has 0 aliphatic carbocycles. The quantitative estimate of drug-likeness (QED) is 0.897. The molecule has 78 valence electrons. The van der Waals surface area contributed by atoms with E-state index in [2.05, 4.69) is 9.36 Å². The van der Waals surface area contributed by atoms with E-state index in [1.807, 2.05) is 6.07 Å². The Morgan fingerprint density at radius 2 is 2.33 bits per heavy atom. The van der Waals surface area contributed by atoms with Crippen LogP contribution in [0.15, 0.2) is 24.5 Å². The minimum atomic E-state index is 0.415. The third-order valence-corrected chi connectivity index (χ3v) is 2.69. The van der Waals surface area contributed by atoms with Gasteiger partial charge in [0.2, 0.25) is 0 Å². The monoisotopic (exact) mass is 241 g/mol. The lowest BCUT2D eigenvalue weighted by Gasteiger charge is -2.04. The van der Waals surface area contributed by atoms with Crippen LogP contribution < -0.4 is 10.5 Å². The zero-order chi connectivity index (χ0) is 10.7. The molecule has 2 N–H and O–H groups in total. The van der Waals surface area contributed by atoms with Crippen LogP contribution >= 0.6 is 23.1 Å². The SMILES string of the molecule is NCc1ccc(Oc2ncns2)cc1Cl. The molecule has 1 aromatic carbocycles. The fraction of sp³-hybridized carbons (Fsp3) is 0.111. The molecule has 0 aliphatic heterocycles. The van der Waals surface area contributed by atoms with Gasteiger partial charge in [-0.1, -0.05) is 17.7 Å². The highest BCUT2D eigenvalue weighted by molar-refractivity contribution is 7.07. The second-order valence-electron chi connectivity index (χ2n) is 2.77. The summed E-state index contributed by atoms with van der Waals surface area (Å²) in [5, 5.41) is 1.09. The van der Waals surface area contributed by atoms with Crippen molar-refractivity contribution < 1.29 is 4.74 Å². The maximum Gasteiger partial charge on any atom is 0.298 e. The Bertz CT molecular complexity index is 447. The van der Waals surface area contributed by atoms with E-state index in [1.54, 1.807) is 12.1 Å². The van der Waals surface area contributed by atoms with Crippen LogP contribution in [0.1, 0.15) is 5.56 Å². The topological polar surface area (TPSA) is 61.0 Å². The molecule has 0 amide bonds. The summed E-state index contributed by atoms with van der Waals surface area (Å²) in [5.74, 6) is 0.633. The molecule has 0 unspecified atom stereocenters. The van der Waals surface area contributed by atoms with Gasteiger partial charge >= 0.3 is 0 Å². The maximum absolute atomic E-state index is 5.98. The number of nitrogens with two attached hydrogens (primary N) is 1. The average molecular weight is 242 g/mol. The molecule has 0 aliphatic rings. The van der Waals surface area contributed by atoms with E-state index in [0.717, 1.165) is 5.56 Å². The van der Waals surface area contributed by atoms with Crippen molar-refractivity contribution in [1.29, 1.82) is 0 Å².